The molecule has 0 amide bonds. The molecule has 0 aliphatic heterocycles. The Morgan fingerprint density at radius 1 is 1.08 bits per heavy atom. The van der Waals surface area contributed by atoms with Crippen molar-refractivity contribution in [1.82, 2.24) is 0 Å². The highest BCUT2D eigenvalue weighted by molar-refractivity contribution is 9.11. The molecule has 0 aliphatic rings. The van der Waals surface area contributed by atoms with E-state index in [4.69, 9.17) is 0 Å². The number of rotatable bonds is 1. The van der Waals surface area contributed by atoms with Gasteiger partial charge in [-0.15, -0.1) is 0 Å². The zero-order valence-electron chi connectivity index (χ0n) is 6.63. The molecule has 1 aromatic heterocycles. The molecular formula is C10H6Br2S. The van der Waals surface area contributed by atoms with Crippen LogP contribution in [0, 0.1) is 0 Å². The summed E-state index contributed by atoms with van der Waals surface area (Å²) in [5.41, 5.74) is 2.51. The van der Waals surface area contributed by atoms with E-state index in [2.05, 4.69) is 66.9 Å². The highest BCUT2D eigenvalue weighted by Crippen LogP contribution is 2.31. The van der Waals surface area contributed by atoms with Gasteiger partial charge in [0, 0.05) is 8.95 Å². The molecule has 0 atom stereocenters. The lowest BCUT2D eigenvalue weighted by atomic mass is 10.1. The van der Waals surface area contributed by atoms with Gasteiger partial charge < -0.3 is 0 Å². The largest absolute Gasteiger partial charge is 0.152 e. The van der Waals surface area contributed by atoms with E-state index in [1.807, 2.05) is 0 Å². The zero-order valence-corrected chi connectivity index (χ0v) is 10.6. The van der Waals surface area contributed by atoms with Crippen LogP contribution in [0.2, 0.25) is 0 Å². The molecule has 0 aliphatic carbocycles. The van der Waals surface area contributed by atoms with Crippen molar-refractivity contribution < 1.29 is 0 Å². The minimum absolute atomic E-state index is 1.10. The lowest BCUT2D eigenvalue weighted by Crippen LogP contribution is -1.75. The summed E-state index contributed by atoms with van der Waals surface area (Å²) in [6, 6.07) is 8.35. The minimum atomic E-state index is 1.10. The first-order valence-electron chi connectivity index (χ1n) is 3.75. The first-order chi connectivity index (χ1) is 6.27. The maximum atomic E-state index is 3.54. The van der Waals surface area contributed by atoms with Crippen molar-refractivity contribution in [2.45, 2.75) is 0 Å². The van der Waals surface area contributed by atoms with Crippen LogP contribution in [0.15, 0.2) is 44.0 Å². The van der Waals surface area contributed by atoms with Crippen LogP contribution in [0.25, 0.3) is 11.1 Å². The van der Waals surface area contributed by atoms with Gasteiger partial charge in [-0.05, 0) is 40.1 Å². The van der Waals surface area contributed by atoms with E-state index < -0.39 is 0 Å². The van der Waals surface area contributed by atoms with Gasteiger partial charge in [-0.25, -0.2) is 0 Å². The van der Waals surface area contributed by atoms with Gasteiger partial charge in [0.15, 0.2) is 0 Å². The Kier molecular flexibility index (Phi) is 2.86. The average molecular weight is 318 g/mol. The van der Waals surface area contributed by atoms with Crippen molar-refractivity contribution >= 4 is 43.2 Å². The highest BCUT2D eigenvalue weighted by Gasteiger charge is 2.02. The van der Waals surface area contributed by atoms with Crippen LogP contribution in [0.5, 0.6) is 0 Å². The first kappa shape index (κ1) is 9.44. The number of hydrogen-bond donors (Lipinski definition) is 0. The van der Waals surface area contributed by atoms with E-state index in [-0.39, 0.29) is 0 Å². The van der Waals surface area contributed by atoms with Gasteiger partial charge in [-0.1, -0.05) is 37.9 Å². The van der Waals surface area contributed by atoms with Gasteiger partial charge in [-0.3, -0.25) is 0 Å². The summed E-state index contributed by atoms with van der Waals surface area (Å²) in [6.45, 7) is 0. The first-order valence-corrected chi connectivity index (χ1v) is 6.28. The number of thiophene rings is 1. The Morgan fingerprint density at radius 3 is 2.54 bits per heavy atom. The molecule has 0 radical (unpaired) electrons. The molecule has 0 N–H and O–H groups in total. The SMILES string of the molecule is Brc1ccc(-c2ccsc2)c(Br)c1. The summed E-state index contributed by atoms with van der Waals surface area (Å²) in [6.07, 6.45) is 0. The maximum Gasteiger partial charge on any atom is 0.0265 e. The second kappa shape index (κ2) is 3.95. The van der Waals surface area contributed by atoms with Crippen LogP contribution in [-0.4, -0.2) is 0 Å². The van der Waals surface area contributed by atoms with Crippen molar-refractivity contribution in [3.63, 3.8) is 0 Å². The number of halogens is 2. The molecule has 0 bridgehead atoms. The molecule has 2 aromatic rings. The standard InChI is InChI=1S/C10H6Br2S/c11-8-1-2-9(10(12)5-8)7-3-4-13-6-7/h1-6H. The molecule has 1 aromatic carbocycles. The average Bonchev–Trinajstić information content (AvgIpc) is 2.56. The van der Waals surface area contributed by atoms with E-state index >= 15 is 0 Å². The maximum absolute atomic E-state index is 3.54. The van der Waals surface area contributed by atoms with Crippen molar-refractivity contribution in [1.29, 1.82) is 0 Å². The summed E-state index contributed by atoms with van der Waals surface area (Å²) >= 11 is 8.69. The van der Waals surface area contributed by atoms with E-state index in [1.165, 1.54) is 11.1 Å². The van der Waals surface area contributed by atoms with E-state index in [1.54, 1.807) is 11.3 Å². The van der Waals surface area contributed by atoms with Crippen LogP contribution >= 0.6 is 43.2 Å². The van der Waals surface area contributed by atoms with Crippen LogP contribution in [-0.2, 0) is 0 Å². The van der Waals surface area contributed by atoms with Crippen molar-refractivity contribution in [3.05, 3.63) is 44.0 Å². The fraction of sp³-hybridized carbons (Fsp3) is 0. The third-order valence-electron chi connectivity index (χ3n) is 1.76. The monoisotopic (exact) mass is 316 g/mol. The fourth-order valence-electron chi connectivity index (χ4n) is 1.14. The summed E-state index contributed by atoms with van der Waals surface area (Å²) in [5.74, 6) is 0. The second-order valence-corrected chi connectivity index (χ2v) is 5.19. The Morgan fingerprint density at radius 2 is 1.92 bits per heavy atom. The molecule has 1 heterocycles. The van der Waals surface area contributed by atoms with Crippen LogP contribution in [0.3, 0.4) is 0 Å². The lowest BCUT2D eigenvalue weighted by molar-refractivity contribution is 1.58. The molecule has 0 unspecified atom stereocenters. The van der Waals surface area contributed by atoms with Gasteiger partial charge in [0.2, 0.25) is 0 Å². The van der Waals surface area contributed by atoms with Gasteiger partial charge in [0.1, 0.15) is 0 Å². The Hall–Kier alpha value is -0.120. The summed E-state index contributed by atoms with van der Waals surface area (Å²) < 4.78 is 2.22. The molecule has 3 heteroatoms. The summed E-state index contributed by atoms with van der Waals surface area (Å²) in [7, 11) is 0. The van der Waals surface area contributed by atoms with Gasteiger partial charge in [-0.2, -0.15) is 11.3 Å². The quantitative estimate of drug-likeness (QED) is 0.699. The number of benzene rings is 1. The zero-order chi connectivity index (χ0) is 9.26. The predicted molar refractivity (Wildman–Crippen MR) is 65.2 cm³/mol. The third-order valence-corrected chi connectivity index (χ3v) is 3.60. The second-order valence-electron chi connectivity index (χ2n) is 2.64. The normalized spacial score (nSPS) is 10.3. The molecule has 0 nitrogen and oxygen atoms in total. The summed E-state index contributed by atoms with van der Waals surface area (Å²) in [5, 5.41) is 4.23. The molecule has 2 rings (SSSR count). The van der Waals surface area contributed by atoms with Crippen LogP contribution < -0.4 is 0 Å². The Labute approximate surface area is 97.9 Å². The Bertz CT molecular complexity index is 407. The molecule has 0 fully saturated rings. The molecule has 0 saturated carbocycles. The lowest BCUT2D eigenvalue weighted by Gasteiger charge is -2.01. The molecule has 13 heavy (non-hydrogen) atoms. The van der Waals surface area contributed by atoms with Gasteiger partial charge >= 0.3 is 0 Å². The van der Waals surface area contributed by atoms with Crippen LogP contribution in [0.4, 0.5) is 0 Å². The smallest absolute Gasteiger partial charge is 0.0265 e. The Balaban J connectivity index is 2.53. The molecule has 66 valence electrons. The van der Waals surface area contributed by atoms with Crippen molar-refractivity contribution in [2.24, 2.45) is 0 Å². The van der Waals surface area contributed by atoms with E-state index in [0.29, 0.717) is 0 Å². The minimum Gasteiger partial charge on any atom is -0.152 e. The van der Waals surface area contributed by atoms with Crippen molar-refractivity contribution in [2.75, 3.05) is 0 Å². The number of hydrogen-bond acceptors (Lipinski definition) is 1. The third kappa shape index (κ3) is 2.03. The molecule has 0 saturated heterocycles. The van der Waals surface area contributed by atoms with E-state index in [0.717, 1.165) is 8.95 Å². The molecule has 0 spiro atoms. The van der Waals surface area contributed by atoms with Crippen molar-refractivity contribution in [3.8, 4) is 11.1 Å². The fourth-order valence-corrected chi connectivity index (χ4v) is 3.07. The molecular weight excluding hydrogens is 312 g/mol. The van der Waals surface area contributed by atoms with Gasteiger partial charge in [0.05, 0.1) is 0 Å². The predicted octanol–water partition coefficient (Wildman–Crippen LogP) is 4.94. The topological polar surface area (TPSA) is 0 Å². The highest BCUT2D eigenvalue weighted by atomic mass is 79.9. The van der Waals surface area contributed by atoms with Crippen LogP contribution in [0.1, 0.15) is 0 Å². The van der Waals surface area contributed by atoms with Gasteiger partial charge in [0.25, 0.3) is 0 Å². The van der Waals surface area contributed by atoms with E-state index in [9.17, 15) is 0 Å². The summed E-state index contributed by atoms with van der Waals surface area (Å²) in [4.78, 5) is 0.